The van der Waals surface area contributed by atoms with Crippen molar-refractivity contribution in [1.29, 1.82) is 0 Å². The summed E-state index contributed by atoms with van der Waals surface area (Å²) >= 11 is 0. The van der Waals surface area contributed by atoms with E-state index in [9.17, 15) is 9.59 Å². The quantitative estimate of drug-likeness (QED) is 0.513. The highest BCUT2D eigenvalue weighted by Crippen LogP contribution is 2.12. The minimum absolute atomic E-state index is 0.0632. The highest BCUT2D eigenvalue weighted by molar-refractivity contribution is 5.94. The lowest BCUT2D eigenvalue weighted by molar-refractivity contribution is -0.120. The van der Waals surface area contributed by atoms with Crippen LogP contribution in [0, 0.1) is 0 Å². The second-order valence-electron chi connectivity index (χ2n) is 7.38. The number of ether oxygens (including phenoxy) is 2. The van der Waals surface area contributed by atoms with Crippen LogP contribution in [0.2, 0.25) is 0 Å². The average Bonchev–Trinajstić information content (AvgIpc) is 2.83. The third-order valence-electron chi connectivity index (χ3n) is 5.09. The van der Waals surface area contributed by atoms with Crippen LogP contribution in [-0.2, 0) is 35.6 Å². The van der Waals surface area contributed by atoms with Crippen molar-refractivity contribution in [3.8, 4) is 5.75 Å². The molecule has 0 heterocycles. The first-order chi connectivity index (χ1) is 15.6. The maximum Gasteiger partial charge on any atom is 0.251 e. The van der Waals surface area contributed by atoms with Gasteiger partial charge in [-0.15, -0.1) is 0 Å². The van der Waals surface area contributed by atoms with Crippen LogP contribution in [0.3, 0.4) is 0 Å². The first-order valence-electron chi connectivity index (χ1n) is 10.4. The third kappa shape index (κ3) is 6.68. The topological polar surface area (TPSA) is 76.7 Å². The molecule has 0 atom stereocenters. The van der Waals surface area contributed by atoms with Crippen molar-refractivity contribution in [3.63, 3.8) is 0 Å². The SMILES string of the molecule is COCc1ccccc1CNC(=O)c1ccc(CNC(=O)Cc2ccc(OC)cc2)cc1. The minimum Gasteiger partial charge on any atom is -0.497 e. The van der Waals surface area contributed by atoms with Crippen LogP contribution >= 0.6 is 0 Å². The van der Waals surface area contributed by atoms with Crippen molar-refractivity contribution in [2.45, 2.75) is 26.1 Å². The van der Waals surface area contributed by atoms with E-state index in [1.807, 2.05) is 60.7 Å². The van der Waals surface area contributed by atoms with E-state index in [1.54, 1.807) is 26.4 Å². The Bertz CT molecular complexity index is 1030. The Balaban J connectivity index is 1.47. The second kappa shape index (κ2) is 11.7. The fourth-order valence-corrected chi connectivity index (χ4v) is 3.27. The molecule has 3 rings (SSSR count). The highest BCUT2D eigenvalue weighted by Gasteiger charge is 2.08. The van der Waals surface area contributed by atoms with Crippen LogP contribution in [0.4, 0.5) is 0 Å². The number of carbonyl (C=O) groups is 2. The molecular formula is C26H28N2O4. The van der Waals surface area contributed by atoms with E-state index in [4.69, 9.17) is 9.47 Å². The minimum atomic E-state index is -0.146. The summed E-state index contributed by atoms with van der Waals surface area (Å²) in [7, 11) is 3.26. The number of methoxy groups -OCH3 is 2. The zero-order chi connectivity index (χ0) is 22.8. The molecule has 0 saturated heterocycles. The van der Waals surface area contributed by atoms with Gasteiger partial charge in [-0.2, -0.15) is 0 Å². The number of carbonyl (C=O) groups excluding carboxylic acids is 2. The van der Waals surface area contributed by atoms with Crippen molar-refractivity contribution in [3.05, 3.63) is 101 Å². The number of amides is 2. The number of benzene rings is 3. The van der Waals surface area contributed by atoms with Gasteiger partial charge in [0.1, 0.15) is 5.75 Å². The van der Waals surface area contributed by atoms with Gasteiger partial charge in [0.05, 0.1) is 20.1 Å². The molecule has 0 aromatic heterocycles. The van der Waals surface area contributed by atoms with Crippen molar-refractivity contribution in [2.24, 2.45) is 0 Å². The number of nitrogens with one attached hydrogen (secondary N) is 2. The normalized spacial score (nSPS) is 10.4. The zero-order valence-electron chi connectivity index (χ0n) is 18.4. The molecule has 2 N–H and O–H groups in total. The molecular weight excluding hydrogens is 404 g/mol. The lowest BCUT2D eigenvalue weighted by Gasteiger charge is -2.11. The summed E-state index contributed by atoms with van der Waals surface area (Å²) in [6, 6.07) is 22.5. The monoisotopic (exact) mass is 432 g/mol. The Morgan fingerprint density at radius 2 is 1.41 bits per heavy atom. The molecule has 3 aromatic rings. The molecule has 6 heteroatoms. The molecule has 0 aliphatic rings. The summed E-state index contributed by atoms with van der Waals surface area (Å²) < 4.78 is 10.3. The number of hydrogen-bond acceptors (Lipinski definition) is 4. The van der Waals surface area contributed by atoms with Gasteiger partial charge in [-0.05, 0) is 46.5 Å². The van der Waals surface area contributed by atoms with Gasteiger partial charge in [-0.3, -0.25) is 9.59 Å². The fraction of sp³-hybridized carbons (Fsp3) is 0.231. The van der Waals surface area contributed by atoms with Gasteiger partial charge in [-0.25, -0.2) is 0 Å². The molecule has 3 aromatic carbocycles. The van der Waals surface area contributed by atoms with E-state index >= 15 is 0 Å². The van der Waals surface area contributed by atoms with Gasteiger partial charge in [0.2, 0.25) is 5.91 Å². The van der Waals surface area contributed by atoms with Crippen molar-refractivity contribution in [2.75, 3.05) is 14.2 Å². The Morgan fingerprint density at radius 3 is 2.06 bits per heavy atom. The van der Waals surface area contributed by atoms with Crippen LogP contribution in [0.15, 0.2) is 72.8 Å². The van der Waals surface area contributed by atoms with E-state index in [0.29, 0.717) is 31.7 Å². The molecule has 0 spiro atoms. The summed E-state index contributed by atoms with van der Waals surface area (Å²) in [6.45, 7) is 1.34. The maximum absolute atomic E-state index is 12.5. The van der Waals surface area contributed by atoms with E-state index in [0.717, 1.165) is 28.0 Å². The first kappa shape index (κ1) is 23.0. The van der Waals surface area contributed by atoms with Gasteiger partial charge in [0.15, 0.2) is 0 Å². The van der Waals surface area contributed by atoms with Crippen LogP contribution in [0.1, 0.15) is 32.6 Å². The first-order valence-corrected chi connectivity index (χ1v) is 10.4. The Morgan fingerprint density at radius 1 is 0.750 bits per heavy atom. The molecule has 32 heavy (non-hydrogen) atoms. The van der Waals surface area contributed by atoms with Crippen LogP contribution in [0.25, 0.3) is 0 Å². The predicted molar refractivity (Wildman–Crippen MR) is 123 cm³/mol. The summed E-state index contributed by atoms with van der Waals surface area (Å²) in [5, 5.41) is 5.85. The Hall–Kier alpha value is -3.64. The van der Waals surface area contributed by atoms with E-state index < -0.39 is 0 Å². The highest BCUT2D eigenvalue weighted by atomic mass is 16.5. The fourth-order valence-electron chi connectivity index (χ4n) is 3.27. The largest absolute Gasteiger partial charge is 0.497 e. The van der Waals surface area contributed by atoms with Gasteiger partial charge < -0.3 is 20.1 Å². The zero-order valence-corrected chi connectivity index (χ0v) is 18.4. The molecule has 0 bridgehead atoms. The van der Waals surface area contributed by atoms with Crippen LogP contribution < -0.4 is 15.4 Å². The Labute approximate surface area is 188 Å². The van der Waals surface area contributed by atoms with Gasteiger partial charge in [0.25, 0.3) is 5.91 Å². The van der Waals surface area contributed by atoms with Crippen LogP contribution in [0.5, 0.6) is 5.75 Å². The van der Waals surface area contributed by atoms with Crippen molar-refractivity contribution >= 4 is 11.8 Å². The number of hydrogen-bond donors (Lipinski definition) is 2. The molecule has 0 aliphatic carbocycles. The summed E-state index contributed by atoms with van der Waals surface area (Å²) in [6.07, 6.45) is 0.301. The Kier molecular flexibility index (Phi) is 8.40. The van der Waals surface area contributed by atoms with Crippen molar-refractivity contribution in [1.82, 2.24) is 10.6 Å². The second-order valence-corrected chi connectivity index (χ2v) is 7.38. The molecule has 2 amide bonds. The summed E-state index contributed by atoms with van der Waals surface area (Å²) in [4.78, 5) is 24.7. The third-order valence-corrected chi connectivity index (χ3v) is 5.09. The molecule has 0 fully saturated rings. The van der Waals surface area contributed by atoms with Gasteiger partial charge in [0, 0.05) is 25.8 Å². The van der Waals surface area contributed by atoms with Gasteiger partial charge >= 0.3 is 0 Å². The smallest absolute Gasteiger partial charge is 0.251 e. The number of rotatable bonds is 10. The molecule has 0 saturated carbocycles. The summed E-state index contributed by atoms with van der Waals surface area (Å²) in [5.74, 6) is 0.552. The summed E-state index contributed by atoms with van der Waals surface area (Å²) in [5.41, 5.74) is 4.50. The predicted octanol–water partition coefficient (Wildman–Crippen LogP) is 3.63. The van der Waals surface area contributed by atoms with Crippen molar-refractivity contribution < 1.29 is 19.1 Å². The standard InChI is InChI=1S/C26H28N2O4/c1-31-18-23-6-4-3-5-22(23)17-28-26(30)21-11-7-20(8-12-21)16-27-25(29)15-19-9-13-24(32-2)14-10-19/h3-14H,15-18H2,1-2H3,(H,27,29)(H,28,30). The van der Waals surface area contributed by atoms with E-state index in [2.05, 4.69) is 10.6 Å². The lowest BCUT2D eigenvalue weighted by Crippen LogP contribution is -2.25. The molecule has 0 radical (unpaired) electrons. The molecule has 0 aliphatic heterocycles. The maximum atomic E-state index is 12.5. The average molecular weight is 433 g/mol. The molecule has 6 nitrogen and oxygen atoms in total. The van der Waals surface area contributed by atoms with Crippen LogP contribution in [-0.4, -0.2) is 26.0 Å². The molecule has 0 unspecified atom stereocenters. The van der Waals surface area contributed by atoms with Gasteiger partial charge in [-0.1, -0.05) is 48.5 Å². The molecule has 166 valence electrons. The van der Waals surface area contributed by atoms with E-state index in [1.165, 1.54) is 0 Å². The lowest BCUT2D eigenvalue weighted by atomic mass is 10.1. The van der Waals surface area contributed by atoms with E-state index in [-0.39, 0.29) is 11.8 Å².